The number of hydrogen-bond donors (Lipinski definition) is 0. The Balaban J connectivity index is 2.49. The summed E-state index contributed by atoms with van der Waals surface area (Å²) in [4.78, 5) is 4.12. The van der Waals surface area contributed by atoms with Crippen LogP contribution in [-0.4, -0.2) is 12.0 Å². The van der Waals surface area contributed by atoms with Crippen molar-refractivity contribution in [2.24, 2.45) is 4.99 Å². The van der Waals surface area contributed by atoms with Crippen molar-refractivity contribution in [3.05, 3.63) is 22.8 Å². The van der Waals surface area contributed by atoms with E-state index in [2.05, 4.69) is 16.5 Å². The molecule has 0 aromatic heterocycles. The Morgan fingerprint density at radius 1 is 1.62 bits per heavy atom. The lowest BCUT2D eigenvalue weighted by Crippen LogP contribution is -1.75. The van der Waals surface area contributed by atoms with Gasteiger partial charge in [0.25, 0.3) is 0 Å². The minimum absolute atomic E-state index is 1.12. The molecule has 0 spiro atoms. The van der Waals surface area contributed by atoms with Crippen LogP contribution >= 0.6 is 11.8 Å². The van der Waals surface area contributed by atoms with Crippen LogP contribution < -0.4 is 0 Å². The zero-order valence-corrected chi connectivity index (χ0v) is 5.11. The van der Waals surface area contributed by atoms with Gasteiger partial charge in [0.05, 0.1) is 5.70 Å². The van der Waals surface area contributed by atoms with Gasteiger partial charge in [0.1, 0.15) is 0 Å². The van der Waals surface area contributed by atoms with Gasteiger partial charge < -0.3 is 0 Å². The van der Waals surface area contributed by atoms with Crippen LogP contribution in [0.2, 0.25) is 0 Å². The first kappa shape index (κ1) is 4.39. The van der Waals surface area contributed by atoms with E-state index in [0.29, 0.717) is 0 Å². The molecular formula is C6H5NS. The van der Waals surface area contributed by atoms with Crippen molar-refractivity contribution in [3.63, 3.8) is 0 Å². The van der Waals surface area contributed by atoms with Crippen molar-refractivity contribution in [1.29, 1.82) is 0 Å². The third-order valence-electron chi connectivity index (χ3n) is 1.25. The van der Waals surface area contributed by atoms with E-state index in [9.17, 15) is 0 Å². The highest BCUT2D eigenvalue weighted by molar-refractivity contribution is 8.02. The molecule has 40 valence electrons. The third-order valence-corrected chi connectivity index (χ3v) is 2.12. The molecule has 0 atom stereocenters. The molecule has 0 fully saturated rings. The summed E-state index contributed by atoms with van der Waals surface area (Å²) in [7, 11) is 0. The Labute approximate surface area is 52.2 Å². The summed E-state index contributed by atoms with van der Waals surface area (Å²) in [5, 5.41) is 2.11. The maximum atomic E-state index is 4.12. The second-order valence-electron chi connectivity index (χ2n) is 1.78. The van der Waals surface area contributed by atoms with Gasteiger partial charge in [-0.3, -0.25) is 4.99 Å². The Hall–Kier alpha value is -0.500. The van der Waals surface area contributed by atoms with Crippen molar-refractivity contribution in [1.82, 2.24) is 0 Å². The van der Waals surface area contributed by atoms with Gasteiger partial charge in [-0.25, -0.2) is 0 Å². The Morgan fingerprint density at radius 2 is 2.62 bits per heavy atom. The lowest BCUT2D eigenvalue weighted by Gasteiger charge is -1.85. The molecule has 0 unspecified atom stereocenters. The molecule has 0 aromatic carbocycles. The second kappa shape index (κ2) is 1.49. The van der Waals surface area contributed by atoms with E-state index in [1.54, 1.807) is 0 Å². The van der Waals surface area contributed by atoms with Gasteiger partial charge in [0.2, 0.25) is 0 Å². The molecule has 0 aromatic rings. The molecule has 2 heterocycles. The van der Waals surface area contributed by atoms with Crippen LogP contribution in [0.3, 0.4) is 0 Å². The van der Waals surface area contributed by atoms with E-state index in [0.717, 1.165) is 5.75 Å². The fraction of sp³-hybridized carbons (Fsp3) is 0.167. The van der Waals surface area contributed by atoms with Crippen LogP contribution in [0.15, 0.2) is 27.7 Å². The molecule has 0 saturated carbocycles. The third kappa shape index (κ3) is 0.464. The van der Waals surface area contributed by atoms with Gasteiger partial charge in [-0.05, 0) is 17.1 Å². The molecule has 0 aliphatic carbocycles. The molecule has 2 aliphatic heterocycles. The molecule has 0 saturated heterocycles. The molecule has 1 nitrogen and oxygen atoms in total. The molecular weight excluding hydrogens is 118 g/mol. The fourth-order valence-electron chi connectivity index (χ4n) is 0.814. The molecule has 0 amide bonds. The summed E-state index contributed by atoms with van der Waals surface area (Å²) in [5.41, 5.74) is 2.56. The molecule has 2 rings (SSSR count). The minimum atomic E-state index is 1.12. The molecule has 2 heteroatoms. The SMILES string of the molecule is C1=NC2=CSCC2=C1. The van der Waals surface area contributed by atoms with Gasteiger partial charge in [-0.1, -0.05) is 0 Å². The van der Waals surface area contributed by atoms with Gasteiger partial charge in [0.15, 0.2) is 0 Å². The van der Waals surface area contributed by atoms with E-state index in [4.69, 9.17) is 0 Å². The summed E-state index contributed by atoms with van der Waals surface area (Å²) >= 11 is 1.82. The summed E-state index contributed by atoms with van der Waals surface area (Å²) in [6.07, 6.45) is 3.94. The monoisotopic (exact) mass is 123 g/mol. The van der Waals surface area contributed by atoms with Crippen molar-refractivity contribution >= 4 is 18.0 Å². The lowest BCUT2D eigenvalue weighted by atomic mass is 10.3. The topological polar surface area (TPSA) is 12.4 Å². The quantitative estimate of drug-likeness (QED) is 0.476. The normalized spacial score (nSPS) is 23.0. The number of nitrogens with zero attached hydrogens (tertiary/aromatic N) is 1. The van der Waals surface area contributed by atoms with E-state index in [-0.39, 0.29) is 0 Å². The summed E-state index contributed by atoms with van der Waals surface area (Å²) in [5.74, 6) is 1.12. The zero-order valence-electron chi connectivity index (χ0n) is 4.29. The highest BCUT2D eigenvalue weighted by Gasteiger charge is 2.12. The zero-order chi connectivity index (χ0) is 5.40. The van der Waals surface area contributed by atoms with Gasteiger partial charge >= 0.3 is 0 Å². The van der Waals surface area contributed by atoms with Crippen LogP contribution in [-0.2, 0) is 0 Å². The first-order valence-corrected chi connectivity index (χ1v) is 3.57. The van der Waals surface area contributed by atoms with E-state index >= 15 is 0 Å². The predicted molar refractivity (Wildman–Crippen MR) is 37.1 cm³/mol. The molecule has 0 bridgehead atoms. The first-order valence-electron chi connectivity index (χ1n) is 2.52. The van der Waals surface area contributed by atoms with E-state index in [1.165, 1.54) is 11.3 Å². The van der Waals surface area contributed by atoms with Crippen LogP contribution in [0.5, 0.6) is 0 Å². The van der Waals surface area contributed by atoms with Crippen LogP contribution in [0, 0.1) is 0 Å². The highest BCUT2D eigenvalue weighted by Crippen LogP contribution is 2.30. The minimum Gasteiger partial charge on any atom is -0.256 e. The Morgan fingerprint density at radius 3 is 3.50 bits per heavy atom. The van der Waals surface area contributed by atoms with Gasteiger partial charge in [-0.2, -0.15) is 0 Å². The highest BCUT2D eigenvalue weighted by atomic mass is 32.2. The molecule has 2 aliphatic rings. The van der Waals surface area contributed by atoms with Crippen LogP contribution in [0.25, 0.3) is 0 Å². The number of fused-ring (bicyclic) bond motifs is 1. The van der Waals surface area contributed by atoms with Crippen molar-refractivity contribution in [3.8, 4) is 0 Å². The number of allylic oxidation sites excluding steroid dienone is 2. The first-order chi connectivity index (χ1) is 3.97. The van der Waals surface area contributed by atoms with Crippen molar-refractivity contribution < 1.29 is 0 Å². The molecule has 0 radical (unpaired) electrons. The smallest absolute Gasteiger partial charge is 0.0733 e. The maximum absolute atomic E-state index is 4.12. The van der Waals surface area contributed by atoms with Crippen LogP contribution in [0.1, 0.15) is 0 Å². The summed E-state index contributed by atoms with van der Waals surface area (Å²) in [6.45, 7) is 0. The average molecular weight is 123 g/mol. The van der Waals surface area contributed by atoms with Gasteiger partial charge in [-0.15, -0.1) is 11.8 Å². The number of rotatable bonds is 0. The number of thioether (sulfide) groups is 1. The second-order valence-corrected chi connectivity index (χ2v) is 2.64. The van der Waals surface area contributed by atoms with Gasteiger partial charge in [0, 0.05) is 12.0 Å². The molecule has 0 N–H and O–H groups in total. The summed E-state index contributed by atoms with van der Waals surface area (Å²) in [6, 6.07) is 0. The largest absolute Gasteiger partial charge is 0.256 e. The standard InChI is InChI=1S/C6H5NS/c1-2-7-6-4-8-3-5(1)6/h1-2,4H,3H2. The molecule has 8 heavy (non-hydrogen) atoms. The average Bonchev–Trinajstić information content (AvgIpc) is 2.15. The predicted octanol–water partition coefficient (Wildman–Crippen LogP) is 1.59. The Bertz CT molecular complexity index is 201. The fourth-order valence-corrected chi connectivity index (χ4v) is 1.69. The maximum Gasteiger partial charge on any atom is 0.0733 e. The number of hydrogen-bond acceptors (Lipinski definition) is 2. The number of aliphatic imine (C=N–C) groups is 1. The lowest BCUT2D eigenvalue weighted by molar-refractivity contribution is 1.39. The Kier molecular flexibility index (Phi) is 0.815. The van der Waals surface area contributed by atoms with Crippen molar-refractivity contribution in [2.45, 2.75) is 0 Å². The van der Waals surface area contributed by atoms with E-state index in [1.807, 2.05) is 18.0 Å². The van der Waals surface area contributed by atoms with E-state index < -0.39 is 0 Å². The van der Waals surface area contributed by atoms with Crippen molar-refractivity contribution in [2.75, 3.05) is 5.75 Å². The van der Waals surface area contributed by atoms with Crippen LogP contribution in [0.4, 0.5) is 0 Å². The summed E-state index contributed by atoms with van der Waals surface area (Å²) < 4.78 is 0.